The van der Waals surface area contributed by atoms with Crippen LogP contribution in [0.1, 0.15) is 15.2 Å². The maximum Gasteiger partial charge on any atom is 0.227 e. The van der Waals surface area contributed by atoms with Crippen LogP contribution in [-0.4, -0.2) is 58.8 Å². The van der Waals surface area contributed by atoms with Crippen molar-refractivity contribution >= 4 is 33.9 Å². The predicted molar refractivity (Wildman–Crippen MR) is 108 cm³/mol. The number of thiophene rings is 1. The molecule has 1 saturated heterocycles. The highest BCUT2D eigenvalue weighted by Gasteiger charge is 2.23. The third-order valence-electron chi connectivity index (χ3n) is 5.21. The molecule has 0 bridgehead atoms. The van der Waals surface area contributed by atoms with Gasteiger partial charge in [-0.1, -0.05) is 24.3 Å². The van der Waals surface area contributed by atoms with Crippen molar-refractivity contribution in [2.75, 3.05) is 32.7 Å². The highest BCUT2D eigenvalue weighted by atomic mass is 32.1. The SMILES string of the molecule is Cn1cc(CC(=O)N2CCN(CC(=O)c3cccs3)CC2)c2ccccc21. The number of aryl methyl sites for hydroxylation is 1. The van der Waals surface area contributed by atoms with Crippen molar-refractivity contribution in [2.24, 2.45) is 7.05 Å². The van der Waals surface area contributed by atoms with Crippen molar-refractivity contribution < 1.29 is 9.59 Å². The maximum atomic E-state index is 12.8. The number of hydrogen-bond donors (Lipinski definition) is 0. The summed E-state index contributed by atoms with van der Waals surface area (Å²) in [4.78, 5) is 29.9. The molecule has 1 fully saturated rings. The van der Waals surface area contributed by atoms with Crippen LogP contribution in [0.15, 0.2) is 48.0 Å². The largest absolute Gasteiger partial charge is 0.350 e. The molecule has 1 amide bonds. The van der Waals surface area contributed by atoms with Crippen LogP contribution in [0.5, 0.6) is 0 Å². The van der Waals surface area contributed by atoms with Gasteiger partial charge in [-0.3, -0.25) is 14.5 Å². The van der Waals surface area contributed by atoms with Gasteiger partial charge in [0, 0.05) is 50.3 Å². The fourth-order valence-electron chi connectivity index (χ4n) is 3.71. The van der Waals surface area contributed by atoms with Gasteiger partial charge in [-0.25, -0.2) is 0 Å². The number of hydrogen-bond acceptors (Lipinski definition) is 4. The second-order valence-electron chi connectivity index (χ2n) is 7.02. The Morgan fingerprint density at radius 1 is 1.04 bits per heavy atom. The summed E-state index contributed by atoms with van der Waals surface area (Å²) in [5, 5.41) is 3.07. The van der Waals surface area contributed by atoms with E-state index in [0.717, 1.165) is 34.4 Å². The highest BCUT2D eigenvalue weighted by molar-refractivity contribution is 7.12. The second-order valence-corrected chi connectivity index (χ2v) is 7.96. The molecule has 1 aliphatic heterocycles. The lowest BCUT2D eigenvalue weighted by Crippen LogP contribution is -2.50. The molecule has 0 spiro atoms. The molecule has 140 valence electrons. The highest BCUT2D eigenvalue weighted by Crippen LogP contribution is 2.21. The van der Waals surface area contributed by atoms with Gasteiger partial charge in [0.05, 0.1) is 17.8 Å². The van der Waals surface area contributed by atoms with Crippen molar-refractivity contribution in [3.8, 4) is 0 Å². The summed E-state index contributed by atoms with van der Waals surface area (Å²) in [6.45, 7) is 3.30. The lowest BCUT2D eigenvalue weighted by atomic mass is 10.1. The van der Waals surface area contributed by atoms with Crippen LogP contribution < -0.4 is 0 Å². The number of benzene rings is 1. The Morgan fingerprint density at radius 3 is 2.56 bits per heavy atom. The monoisotopic (exact) mass is 381 g/mol. The van der Waals surface area contributed by atoms with Gasteiger partial charge in [-0.05, 0) is 23.1 Å². The van der Waals surface area contributed by atoms with E-state index in [1.165, 1.54) is 11.3 Å². The molecule has 0 aliphatic carbocycles. The first-order chi connectivity index (χ1) is 13.1. The molecule has 1 aromatic carbocycles. The number of aromatic nitrogens is 1. The minimum Gasteiger partial charge on any atom is -0.350 e. The van der Waals surface area contributed by atoms with Gasteiger partial charge in [0.15, 0.2) is 5.78 Å². The summed E-state index contributed by atoms with van der Waals surface area (Å²) in [5.41, 5.74) is 2.23. The van der Waals surface area contributed by atoms with E-state index in [9.17, 15) is 9.59 Å². The number of rotatable bonds is 5. The third kappa shape index (κ3) is 3.82. The average molecular weight is 382 g/mol. The molecule has 0 unspecified atom stereocenters. The summed E-state index contributed by atoms with van der Waals surface area (Å²) in [6.07, 6.45) is 2.48. The lowest BCUT2D eigenvalue weighted by Gasteiger charge is -2.34. The minimum atomic E-state index is 0.163. The molecule has 2 aromatic heterocycles. The Balaban J connectivity index is 1.34. The molecule has 27 heavy (non-hydrogen) atoms. The van der Waals surface area contributed by atoms with Gasteiger partial charge in [-0.15, -0.1) is 11.3 Å². The number of Topliss-reactive ketones (excluding diaryl/α,β-unsaturated/α-hetero) is 1. The zero-order valence-electron chi connectivity index (χ0n) is 15.4. The Labute approximate surface area is 162 Å². The quantitative estimate of drug-likeness (QED) is 0.639. The van der Waals surface area contributed by atoms with Crippen molar-refractivity contribution in [1.82, 2.24) is 14.4 Å². The number of amides is 1. The molecule has 0 N–H and O–H groups in total. The van der Waals surface area contributed by atoms with E-state index < -0.39 is 0 Å². The Hall–Kier alpha value is -2.44. The average Bonchev–Trinajstić information content (AvgIpc) is 3.32. The molecule has 0 atom stereocenters. The van der Waals surface area contributed by atoms with Crippen LogP contribution >= 0.6 is 11.3 Å². The Bertz CT molecular complexity index is 953. The maximum absolute atomic E-state index is 12.8. The number of nitrogens with zero attached hydrogens (tertiary/aromatic N) is 3. The van der Waals surface area contributed by atoms with Crippen molar-refractivity contribution in [3.63, 3.8) is 0 Å². The fourth-order valence-corrected chi connectivity index (χ4v) is 4.37. The van der Waals surface area contributed by atoms with Crippen molar-refractivity contribution in [3.05, 3.63) is 58.4 Å². The number of carbonyl (C=O) groups excluding carboxylic acids is 2. The van der Waals surface area contributed by atoms with E-state index >= 15 is 0 Å². The molecular weight excluding hydrogens is 358 g/mol. The molecule has 0 saturated carbocycles. The number of para-hydroxylation sites is 1. The van der Waals surface area contributed by atoms with Crippen LogP contribution in [0.25, 0.3) is 10.9 Å². The van der Waals surface area contributed by atoms with Gasteiger partial charge < -0.3 is 9.47 Å². The van der Waals surface area contributed by atoms with Crippen LogP contribution in [0.3, 0.4) is 0 Å². The van der Waals surface area contributed by atoms with E-state index in [-0.39, 0.29) is 11.7 Å². The third-order valence-corrected chi connectivity index (χ3v) is 6.12. The van der Waals surface area contributed by atoms with Crippen LogP contribution in [0, 0.1) is 0 Å². The van der Waals surface area contributed by atoms with Gasteiger partial charge in [-0.2, -0.15) is 0 Å². The molecule has 0 radical (unpaired) electrons. The number of piperazine rings is 1. The van der Waals surface area contributed by atoms with E-state index in [1.807, 2.05) is 41.6 Å². The van der Waals surface area contributed by atoms with E-state index in [1.54, 1.807) is 0 Å². The second kappa shape index (κ2) is 7.66. The summed E-state index contributed by atoms with van der Waals surface area (Å²) in [7, 11) is 2.01. The molecule has 4 rings (SSSR count). The van der Waals surface area contributed by atoms with Gasteiger partial charge in [0.2, 0.25) is 5.91 Å². The minimum absolute atomic E-state index is 0.163. The van der Waals surface area contributed by atoms with Crippen LogP contribution in [0.4, 0.5) is 0 Å². The molecule has 1 aliphatic rings. The normalized spacial score (nSPS) is 15.4. The number of carbonyl (C=O) groups is 2. The van der Waals surface area contributed by atoms with E-state index in [4.69, 9.17) is 0 Å². The smallest absolute Gasteiger partial charge is 0.227 e. The zero-order valence-corrected chi connectivity index (χ0v) is 16.2. The summed E-state index contributed by atoms with van der Waals surface area (Å²) >= 11 is 1.49. The first kappa shape index (κ1) is 17.9. The first-order valence-corrected chi connectivity index (χ1v) is 10.1. The topological polar surface area (TPSA) is 45.6 Å². The molecular formula is C21H23N3O2S. The van der Waals surface area contributed by atoms with Crippen molar-refractivity contribution in [2.45, 2.75) is 6.42 Å². The molecule has 3 aromatic rings. The zero-order chi connectivity index (χ0) is 18.8. The Kier molecular flexibility index (Phi) is 5.09. The summed E-state index contributed by atoms with van der Waals surface area (Å²) in [5.74, 6) is 0.330. The van der Waals surface area contributed by atoms with Gasteiger partial charge in [0.1, 0.15) is 0 Å². The standard InChI is InChI=1S/C21H23N3O2S/c1-22-14-16(17-5-2-3-6-18(17)22)13-21(26)24-10-8-23(9-11-24)15-19(25)20-7-4-12-27-20/h2-7,12,14H,8-11,13,15H2,1H3. The lowest BCUT2D eigenvalue weighted by molar-refractivity contribution is -0.132. The fraction of sp³-hybridized carbons (Fsp3) is 0.333. The van der Waals surface area contributed by atoms with Crippen molar-refractivity contribution in [1.29, 1.82) is 0 Å². The van der Waals surface area contributed by atoms with Gasteiger partial charge in [0.25, 0.3) is 0 Å². The molecule has 5 nitrogen and oxygen atoms in total. The van der Waals surface area contributed by atoms with Gasteiger partial charge >= 0.3 is 0 Å². The molecule has 3 heterocycles. The number of fused-ring (bicyclic) bond motifs is 1. The van der Waals surface area contributed by atoms with Crippen LogP contribution in [0.2, 0.25) is 0 Å². The predicted octanol–water partition coefficient (Wildman–Crippen LogP) is 2.81. The summed E-state index contributed by atoms with van der Waals surface area (Å²) < 4.78 is 2.08. The Morgan fingerprint density at radius 2 is 1.81 bits per heavy atom. The van der Waals surface area contributed by atoms with E-state index in [0.29, 0.717) is 26.1 Å². The first-order valence-electron chi connectivity index (χ1n) is 9.21. The van der Waals surface area contributed by atoms with E-state index in [2.05, 4.69) is 27.8 Å². The number of ketones is 1. The molecule has 6 heteroatoms. The van der Waals surface area contributed by atoms with Crippen LogP contribution in [-0.2, 0) is 18.3 Å². The summed E-state index contributed by atoms with van der Waals surface area (Å²) in [6, 6.07) is 12.0.